The van der Waals surface area contributed by atoms with Crippen LogP contribution in [0.3, 0.4) is 0 Å². The number of methoxy groups -OCH3 is 1. The number of benzene rings is 2. The summed E-state index contributed by atoms with van der Waals surface area (Å²) in [6.45, 7) is 3.84. The summed E-state index contributed by atoms with van der Waals surface area (Å²) in [6, 6.07) is 17.8. The number of carbonyl (C=O) groups excluding carboxylic acids is 1. The molecule has 1 atom stereocenters. The first-order chi connectivity index (χ1) is 17.8. The van der Waals surface area contributed by atoms with E-state index in [2.05, 4.69) is 11.1 Å². The number of hydrogen-bond acceptors (Lipinski definition) is 6. The van der Waals surface area contributed by atoms with E-state index >= 15 is 0 Å². The zero-order valence-electron chi connectivity index (χ0n) is 21.0. The Hall–Kier alpha value is -3.27. The Balaban J connectivity index is 1.50. The van der Waals surface area contributed by atoms with Gasteiger partial charge in [-0.15, -0.1) is 11.3 Å². The topological polar surface area (TPSA) is 79.8 Å². The van der Waals surface area contributed by atoms with Gasteiger partial charge < -0.3 is 9.64 Å². The molecule has 5 rings (SSSR count). The number of carbonyl (C=O) groups is 1. The molecule has 4 aromatic rings. The van der Waals surface area contributed by atoms with E-state index < -0.39 is 16.1 Å². The maximum absolute atomic E-state index is 13.9. The summed E-state index contributed by atoms with van der Waals surface area (Å²) in [6.07, 6.45) is 2.32. The first-order valence-corrected chi connectivity index (χ1v) is 14.5. The van der Waals surface area contributed by atoms with Gasteiger partial charge in [0, 0.05) is 29.0 Å². The van der Waals surface area contributed by atoms with Crippen molar-refractivity contribution < 1.29 is 17.9 Å². The van der Waals surface area contributed by atoms with Crippen LogP contribution in [0.15, 0.2) is 77.1 Å². The van der Waals surface area contributed by atoms with E-state index in [1.807, 2.05) is 46.7 Å². The third-order valence-corrected chi connectivity index (χ3v) is 9.82. The van der Waals surface area contributed by atoms with Crippen LogP contribution in [0.5, 0.6) is 5.75 Å². The van der Waals surface area contributed by atoms with Crippen LogP contribution in [0.25, 0.3) is 10.9 Å². The molecule has 0 radical (unpaired) electrons. The lowest BCUT2D eigenvalue weighted by Crippen LogP contribution is -2.48. The van der Waals surface area contributed by atoms with E-state index in [-0.39, 0.29) is 23.4 Å². The lowest BCUT2D eigenvalue weighted by molar-refractivity contribution is -0.133. The number of para-hydroxylation sites is 1. The monoisotopic (exact) mass is 535 g/mol. The molecule has 9 heteroatoms. The van der Waals surface area contributed by atoms with E-state index in [0.29, 0.717) is 12.1 Å². The number of hydrogen-bond donors (Lipinski definition) is 0. The second kappa shape index (κ2) is 10.2. The molecule has 192 valence electrons. The number of aromatic nitrogens is 1. The van der Waals surface area contributed by atoms with Crippen LogP contribution in [0.1, 0.15) is 35.9 Å². The quantitative estimate of drug-likeness (QED) is 0.337. The average Bonchev–Trinajstić information content (AvgIpc) is 3.39. The minimum Gasteiger partial charge on any atom is -0.497 e. The number of fused-ring (bicyclic) bond motifs is 2. The zero-order chi connectivity index (χ0) is 26.2. The molecule has 0 aliphatic carbocycles. The number of nitrogens with zero attached hydrogens (tertiary/aromatic N) is 3. The smallest absolute Gasteiger partial charge is 0.245 e. The fourth-order valence-corrected chi connectivity index (χ4v) is 7.57. The van der Waals surface area contributed by atoms with Gasteiger partial charge in [0.25, 0.3) is 0 Å². The van der Waals surface area contributed by atoms with E-state index in [9.17, 15) is 13.2 Å². The molecule has 1 aliphatic heterocycles. The highest BCUT2D eigenvalue weighted by molar-refractivity contribution is 7.89. The van der Waals surface area contributed by atoms with Crippen molar-refractivity contribution in [2.24, 2.45) is 0 Å². The molecule has 7 nitrogen and oxygen atoms in total. The molecule has 0 saturated carbocycles. The molecule has 0 saturated heterocycles. The van der Waals surface area contributed by atoms with Gasteiger partial charge in [0.2, 0.25) is 15.9 Å². The van der Waals surface area contributed by atoms with E-state index in [0.717, 1.165) is 28.7 Å². The first kappa shape index (κ1) is 25.4. The normalized spacial score (nSPS) is 15.8. The van der Waals surface area contributed by atoms with Crippen molar-refractivity contribution in [2.45, 2.75) is 37.2 Å². The van der Waals surface area contributed by atoms with Gasteiger partial charge in [-0.2, -0.15) is 4.31 Å². The SMILES string of the molecule is COc1ccc(C2c3ccsc3CCN2C(=O)CN(C(C)C)S(=O)(=O)c2cccc3cccnc23)cc1. The van der Waals surface area contributed by atoms with Crippen molar-refractivity contribution >= 4 is 38.2 Å². The van der Waals surface area contributed by atoms with Gasteiger partial charge >= 0.3 is 0 Å². The molecule has 0 bridgehead atoms. The second-order valence-electron chi connectivity index (χ2n) is 9.29. The lowest BCUT2D eigenvalue weighted by Gasteiger charge is -2.38. The fraction of sp³-hybridized carbons (Fsp3) is 0.286. The Morgan fingerprint density at radius 1 is 1.14 bits per heavy atom. The lowest BCUT2D eigenvalue weighted by atomic mass is 9.93. The highest BCUT2D eigenvalue weighted by Gasteiger charge is 2.37. The van der Waals surface area contributed by atoms with Crippen LogP contribution in [0.2, 0.25) is 0 Å². The fourth-order valence-electron chi connectivity index (χ4n) is 4.91. The van der Waals surface area contributed by atoms with Gasteiger partial charge in [0.1, 0.15) is 10.6 Å². The summed E-state index contributed by atoms with van der Waals surface area (Å²) in [7, 11) is -2.37. The number of sulfonamides is 1. The summed E-state index contributed by atoms with van der Waals surface area (Å²) in [5.41, 5.74) is 2.46. The van der Waals surface area contributed by atoms with Gasteiger partial charge in [-0.3, -0.25) is 9.78 Å². The van der Waals surface area contributed by atoms with Crippen molar-refractivity contribution in [1.29, 1.82) is 0 Å². The summed E-state index contributed by atoms with van der Waals surface area (Å²) < 4.78 is 34.4. The molecule has 3 heterocycles. The predicted octanol–water partition coefficient (Wildman–Crippen LogP) is 4.88. The summed E-state index contributed by atoms with van der Waals surface area (Å²) >= 11 is 1.69. The van der Waals surface area contributed by atoms with E-state index in [4.69, 9.17) is 4.74 Å². The third kappa shape index (κ3) is 4.74. The van der Waals surface area contributed by atoms with Crippen molar-refractivity contribution in [2.75, 3.05) is 20.2 Å². The molecular weight excluding hydrogens is 506 g/mol. The van der Waals surface area contributed by atoms with Crippen LogP contribution in [-0.2, 0) is 21.2 Å². The predicted molar refractivity (Wildman–Crippen MR) is 145 cm³/mol. The molecular formula is C28H29N3O4S2. The van der Waals surface area contributed by atoms with Crippen LogP contribution < -0.4 is 4.74 Å². The minimum absolute atomic E-state index is 0.109. The molecule has 2 aromatic carbocycles. The van der Waals surface area contributed by atoms with Crippen molar-refractivity contribution in [3.05, 3.63) is 88.2 Å². The van der Waals surface area contributed by atoms with Gasteiger partial charge in [-0.1, -0.05) is 30.3 Å². The summed E-state index contributed by atoms with van der Waals surface area (Å²) in [5.74, 6) is 0.506. The Morgan fingerprint density at radius 3 is 2.62 bits per heavy atom. The van der Waals surface area contributed by atoms with Gasteiger partial charge in [-0.25, -0.2) is 8.42 Å². The molecule has 0 N–H and O–H groups in total. The maximum Gasteiger partial charge on any atom is 0.245 e. The number of amides is 1. The summed E-state index contributed by atoms with van der Waals surface area (Å²) in [5, 5.41) is 2.78. The number of pyridine rings is 1. The Labute approximate surface area is 221 Å². The molecule has 1 unspecified atom stereocenters. The maximum atomic E-state index is 13.9. The Bertz CT molecular complexity index is 1530. The highest BCUT2D eigenvalue weighted by atomic mass is 32.2. The molecule has 1 aliphatic rings. The Kier molecular flexibility index (Phi) is 7.02. The van der Waals surface area contributed by atoms with Gasteiger partial charge in [0.05, 0.1) is 25.2 Å². The number of rotatable bonds is 7. The van der Waals surface area contributed by atoms with Crippen molar-refractivity contribution in [3.8, 4) is 5.75 Å². The van der Waals surface area contributed by atoms with Gasteiger partial charge in [-0.05, 0) is 67.1 Å². The summed E-state index contributed by atoms with van der Waals surface area (Å²) in [4.78, 5) is 21.4. The molecule has 1 amide bonds. The van der Waals surface area contributed by atoms with Crippen LogP contribution in [0.4, 0.5) is 0 Å². The highest BCUT2D eigenvalue weighted by Crippen LogP contribution is 2.38. The standard InChI is InChI=1S/C28H29N3O4S2/c1-19(2)31(37(33,34)25-8-4-6-20-7-5-15-29-27(20)25)18-26(32)30-16-13-24-23(14-17-36-24)28(30)21-9-11-22(35-3)12-10-21/h4-12,14-15,17,19,28H,13,16,18H2,1-3H3. The van der Waals surface area contributed by atoms with Crippen molar-refractivity contribution in [3.63, 3.8) is 0 Å². The second-order valence-corrected chi connectivity index (χ2v) is 12.1. The average molecular weight is 536 g/mol. The van der Waals surface area contributed by atoms with Crippen LogP contribution in [-0.4, -0.2) is 54.8 Å². The number of ether oxygens (including phenoxy) is 1. The first-order valence-electron chi connectivity index (χ1n) is 12.2. The largest absolute Gasteiger partial charge is 0.497 e. The van der Waals surface area contributed by atoms with E-state index in [1.54, 1.807) is 56.7 Å². The zero-order valence-corrected chi connectivity index (χ0v) is 22.6. The molecule has 37 heavy (non-hydrogen) atoms. The number of thiophene rings is 1. The molecule has 0 spiro atoms. The van der Waals surface area contributed by atoms with Crippen LogP contribution >= 0.6 is 11.3 Å². The van der Waals surface area contributed by atoms with Crippen molar-refractivity contribution in [1.82, 2.24) is 14.2 Å². The Morgan fingerprint density at radius 2 is 1.89 bits per heavy atom. The minimum atomic E-state index is -3.99. The van der Waals surface area contributed by atoms with Crippen LogP contribution in [0, 0.1) is 0 Å². The van der Waals surface area contributed by atoms with Gasteiger partial charge in [0.15, 0.2) is 0 Å². The van der Waals surface area contributed by atoms with E-state index in [1.165, 1.54) is 9.18 Å². The molecule has 2 aromatic heterocycles. The third-order valence-electron chi connectivity index (χ3n) is 6.77. The molecule has 0 fully saturated rings.